The van der Waals surface area contributed by atoms with Gasteiger partial charge in [0.05, 0.1) is 24.3 Å². The van der Waals surface area contributed by atoms with E-state index in [9.17, 15) is 9.59 Å². The maximum atomic E-state index is 12.2. The lowest BCUT2D eigenvalue weighted by molar-refractivity contribution is -0.153. The van der Waals surface area contributed by atoms with Crippen LogP contribution in [0.3, 0.4) is 0 Å². The molecular formula is C12H14N4O2S. The number of fused-ring (bicyclic) bond motifs is 1. The van der Waals surface area contributed by atoms with Crippen molar-refractivity contribution in [3.8, 4) is 0 Å². The van der Waals surface area contributed by atoms with Crippen molar-refractivity contribution >= 4 is 28.1 Å². The summed E-state index contributed by atoms with van der Waals surface area (Å²) in [4.78, 5) is 30.6. The van der Waals surface area contributed by atoms with Gasteiger partial charge in [0, 0.05) is 17.8 Å². The third-order valence-electron chi connectivity index (χ3n) is 3.23. The van der Waals surface area contributed by atoms with Gasteiger partial charge in [-0.1, -0.05) is 0 Å². The van der Waals surface area contributed by atoms with E-state index in [0.717, 1.165) is 10.7 Å². The molecule has 0 atom stereocenters. The Bertz CT molecular complexity index is 629. The minimum Gasteiger partial charge on any atom is -0.297 e. The van der Waals surface area contributed by atoms with E-state index in [2.05, 4.69) is 10.3 Å². The molecule has 1 fully saturated rings. The van der Waals surface area contributed by atoms with E-state index >= 15 is 0 Å². The van der Waals surface area contributed by atoms with Crippen molar-refractivity contribution in [1.82, 2.24) is 19.6 Å². The average molecular weight is 278 g/mol. The Kier molecular flexibility index (Phi) is 2.68. The van der Waals surface area contributed by atoms with Crippen molar-refractivity contribution in [2.75, 3.05) is 6.54 Å². The predicted octanol–water partition coefficient (Wildman–Crippen LogP) is 0.633. The van der Waals surface area contributed by atoms with Gasteiger partial charge in [0.15, 0.2) is 4.96 Å². The molecule has 6 nitrogen and oxygen atoms in total. The molecule has 1 aliphatic rings. The second-order valence-electron chi connectivity index (χ2n) is 5.09. The zero-order valence-electron chi connectivity index (χ0n) is 10.7. The van der Waals surface area contributed by atoms with Gasteiger partial charge in [-0.2, -0.15) is 0 Å². The SMILES string of the molecule is CC1(C)NCC(=O)N(Cc2cn3ccsc3n2)C1=O. The lowest BCUT2D eigenvalue weighted by atomic mass is 10.0. The van der Waals surface area contributed by atoms with Gasteiger partial charge in [0.25, 0.3) is 0 Å². The number of nitrogens with one attached hydrogen (secondary N) is 1. The van der Waals surface area contributed by atoms with Crippen LogP contribution in [0.1, 0.15) is 19.5 Å². The molecule has 2 amide bonds. The summed E-state index contributed by atoms with van der Waals surface area (Å²) in [5.74, 6) is -0.416. The van der Waals surface area contributed by atoms with E-state index in [0.29, 0.717) is 0 Å². The highest BCUT2D eigenvalue weighted by atomic mass is 32.1. The van der Waals surface area contributed by atoms with E-state index in [1.165, 1.54) is 16.2 Å². The van der Waals surface area contributed by atoms with Crippen LogP contribution in [0.25, 0.3) is 4.96 Å². The first-order valence-electron chi connectivity index (χ1n) is 5.98. The Balaban J connectivity index is 1.86. The molecule has 0 aromatic carbocycles. The molecule has 2 aromatic rings. The molecule has 0 unspecified atom stereocenters. The normalized spacial score (nSPS) is 19.4. The summed E-state index contributed by atoms with van der Waals surface area (Å²) in [5, 5.41) is 4.87. The van der Waals surface area contributed by atoms with Gasteiger partial charge in [-0.15, -0.1) is 11.3 Å². The quantitative estimate of drug-likeness (QED) is 0.818. The zero-order chi connectivity index (χ0) is 13.6. The Hall–Kier alpha value is -1.73. The van der Waals surface area contributed by atoms with Crippen molar-refractivity contribution in [3.05, 3.63) is 23.5 Å². The van der Waals surface area contributed by atoms with Crippen LogP contribution in [0.5, 0.6) is 0 Å². The number of rotatable bonds is 2. The highest BCUT2D eigenvalue weighted by Crippen LogP contribution is 2.18. The fourth-order valence-electron chi connectivity index (χ4n) is 2.09. The molecule has 0 aliphatic carbocycles. The molecule has 1 saturated heterocycles. The monoisotopic (exact) mass is 278 g/mol. The number of imidazole rings is 1. The number of amides is 2. The summed E-state index contributed by atoms with van der Waals surface area (Å²) in [7, 11) is 0. The number of piperazine rings is 1. The number of imide groups is 1. The van der Waals surface area contributed by atoms with Crippen LogP contribution >= 0.6 is 11.3 Å². The average Bonchev–Trinajstić information content (AvgIpc) is 2.91. The van der Waals surface area contributed by atoms with Gasteiger partial charge < -0.3 is 0 Å². The summed E-state index contributed by atoms with van der Waals surface area (Å²) in [6, 6.07) is 0. The molecule has 7 heteroatoms. The lowest BCUT2D eigenvalue weighted by Gasteiger charge is -2.36. The molecule has 3 rings (SSSR count). The van der Waals surface area contributed by atoms with Crippen LogP contribution in [0, 0.1) is 0 Å². The van der Waals surface area contributed by atoms with Crippen LogP contribution in [-0.2, 0) is 16.1 Å². The second-order valence-corrected chi connectivity index (χ2v) is 5.96. The van der Waals surface area contributed by atoms with Crippen LogP contribution in [-0.4, -0.2) is 38.2 Å². The second kappa shape index (κ2) is 4.14. The molecular weight excluding hydrogens is 264 g/mol. The van der Waals surface area contributed by atoms with Crippen LogP contribution in [0.4, 0.5) is 0 Å². The summed E-state index contributed by atoms with van der Waals surface area (Å²) in [6.07, 6.45) is 3.75. The third kappa shape index (κ3) is 2.04. The Morgan fingerprint density at radius 3 is 3.00 bits per heavy atom. The fourth-order valence-corrected chi connectivity index (χ4v) is 2.81. The maximum Gasteiger partial charge on any atom is 0.249 e. The predicted molar refractivity (Wildman–Crippen MR) is 70.7 cm³/mol. The molecule has 2 aromatic heterocycles. The fraction of sp³-hybridized carbons (Fsp3) is 0.417. The first-order chi connectivity index (χ1) is 8.97. The van der Waals surface area contributed by atoms with Gasteiger partial charge >= 0.3 is 0 Å². The van der Waals surface area contributed by atoms with Crippen molar-refractivity contribution < 1.29 is 9.59 Å². The van der Waals surface area contributed by atoms with Crippen molar-refractivity contribution in [3.63, 3.8) is 0 Å². The standard InChI is InChI=1S/C12H14N4O2S/c1-12(2)10(18)16(9(17)5-13-12)7-8-6-15-3-4-19-11(15)14-8/h3-4,6,13H,5,7H2,1-2H3. The number of hydrogen-bond acceptors (Lipinski definition) is 5. The van der Waals surface area contributed by atoms with Crippen molar-refractivity contribution in [2.24, 2.45) is 0 Å². The minimum atomic E-state index is -0.703. The highest BCUT2D eigenvalue weighted by Gasteiger charge is 2.39. The minimum absolute atomic E-state index is 0.182. The first kappa shape index (κ1) is 12.3. The highest BCUT2D eigenvalue weighted by molar-refractivity contribution is 7.15. The van der Waals surface area contributed by atoms with Crippen molar-refractivity contribution in [2.45, 2.75) is 25.9 Å². The maximum absolute atomic E-state index is 12.2. The Labute approximate surface area is 114 Å². The molecule has 19 heavy (non-hydrogen) atoms. The smallest absolute Gasteiger partial charge is 0.249 e. The van der Waals surface area contributed by atoms with Gasteiger partial charge in [0.2, 0.25) is 11.8 Å². The molecule has 100 valence electrons. The van der Waals surface area contributed by atoms with E-state index in [4.69, 9.17) is 0 Å². The molecule has 0 spiro atoms. The first-order valence-corrected chi connectivity index (χ1v) is 6.86. The summed E-state index contributed by atoms with van der Waals surface area (Å²) < 4.78 is 1.89. The number of thiazole rings is 1. The van der Waals surface area contributed by atoms with Crippen LogP contribution < -0.4 is 5.32 Å². The van der Waals surface area contributed by atoms with Gasteiger partial charge in [0.1, 0.15) is 0 Å². The van der Waals surface area contributed by atoms with Crippen LogP contribution in [0.2, 0.25) is 0 Å². The van der Waals surface area contributed by atoms with Gasteiger partial charge in [-0.3, -0.25) is 24.2 Å². The van der Waals surface area contributed by atoms with Crippen molar-refractivity contribution in [1.29, 1.82) is 0 Å². The summed E-state index contributed by atoms with van der Waals surface area (Å²) in [5.41, 5.74) is 0.0247. The lowest BCUT2D eigenvalue weighted by Crippen LogP contribution is -2.63. The van der Waals surface area contributed by atoms with E-state index in [1.54, 1.807) is 13.8 Å². The number of nitrogens with zero attached hydrogens (tertiary/aromatic N) is 3. The number of carbonyl (C=O) groups excluding carboxylic acids is 2. The van der Waals surface area contributed by atoms with E-state index in [1.807, 2.05) is 22.2 Å². The summed E-state index contributed by atoms with van der Waals surface area (Å²) >= 11 is 1.52. The number of aromatic nitrogens is 2. The Morgan fingerprint density at radius 2 is 2.26 bits per heavy atom. The molecule has 0 radical (unpaired) electrons. The third-order valence-corrected chi connectivity index (χ3v) is 4.00. The molecule has 0 bridgehead atoms. The van der Waals surface area contributed by atoms with E-state index in [-0.39, 0.29) is 24.9 Å². The number of carbonyl (C=O) groups is 2. The van der Waals surface area contributed by atoms with Crippen LogP contribution in [0.15, 0.2) is 17.8 Å². The molecule has 3 heterocycles. The topological polar surface area (TPSA) is 66.7 Å². The molecule has 1 N–H and O–H groups in total. The van der Waals surface area contributed by atoms with E-state index < -0.39 is 5.54 Å². The summed E-state index contributed by atoms with van der Waals surface area (Å²) in [6.45, 7) is 3.97. The molecule has 0 saturated carbocycles. The number of hydrogen-bond donors (Lipinski definition) is 1. The molecule has 1 aliphatic heterocycles. The largest absolute Gasteiger partial charge is 0.297 e. The Morgan fingerprint density at radius 1 is 1.47 bits per heavy atom. The van der Waals surface area contributed by atoms with Gasteiger partial charge in [-0.25, -0.2) is 4.98 Å². The zero-order valence-corrected chi connectivity index (χ0v) is 11.5. The van der Waals surface area contributed by atoms with Gasteiger partial charge in [-0.05, 0) is 13.8 Å².